The lowest BCUT2D eigenvalue weighted by Crippen LogP contribution is -2.44. The molecule has 45 nitrogen and oxygen atoms in total. The third-order valence-corrected chi connectivity index (χ3v) is 19.6. The van der Waals surface area contributed by atoms with Crippen molar-refractivity contribution in [2.45, 2.75) is 168 Å². The number of nitrogens with one attached hydrogen (secondary N) is 4. The lowest BCUT2D eigenvalue weighted by Gasteiger charge is -2.24. The Balaban J connectivity index is 0.000000293. The minimum absolute atomic E-state index is 0. The van der Waals surface area contributed by atoms with Crippen molar-refractivity contribution < 1.29 is 115 Å². The molecule has 9 amide bonds. The standard InChI is InChI=1S/C24H32N4O7.C19H24N4O5.C15H20N2O7.C14H16N4O3.C8H17NO3.C7H4ClNO4.H3P/c1-24(2,3)35-23(33)26(4)12-13-34-20(30)11-7-15-6-8-16-18(14-15)27(5)22(32)28(16)17-9-10-19(29)25-21(17)31;1-20-9-10-28-17(25)8-4-12-3-5-13-15(11-12)22(2)19(27)23(13)14-6-7-16(24)21-18(14)26;1-15(2,3)24-13(18)16(4)9-10-22-14(19)23-12-7-5-11(6-8-12)17(20)21;1-17-11-6-8(7-15)2-3-9(11)18(14(17)21)10-4-5-12(19)16-13(10)20;1-8(2,3)12-7(11)9(4)5-6-10;8-7(10)13-6-3-1-5(2-4-6)9(11)12;/h6,8,14,17H,7,9-13H2,1-5H3,(H,25,29,31);3,5,11,14,20H,4,6-10H2,1-2H3,(H,21,24,26);5-8H,9-10H2,1-4H3;2-3,6,10H,4-5,7,15H2,1H3,(H,16,19,20);10H,5-6H2,1-4H3;1-4H;1H3. The lowest BCUT2D eigenvalue weighted by molar-refractivity contribution is -0.385. The number of benzene rings is 5. The Morgan fingerprint density at radius 1 is 0.478 bits per heavy atom. The first-order valence-electron chi connectivity index (χ1n) is 41.8. The van der Waals surface area contributed by atoms with E-state index in [9.17, 15) is 96.9 Å². The molecular weight excluding hydrogens is 1800 g/mol. The van der Waals surface area contributed by atoms with Crippen molar-refractivity contribution in [1.82, 2.24) is 63.4 Å². The van der Waals surface area contributed by atoms with Gasteiger partial charge in [0.15, 0.2) is 0 Å². The molecule has 0 bridgehead atoms. The highest BCUT2D eigenvalue weighted by molar-refractivity contribution is 6.92. The summed E-state index contributed by atoms with van der Waals surface area (Å²) in [6, 6.07) is 24.2. The first kappa shape index (κ1) is 111. The quantitative estimate of drug-likeness (QED) is 0.00368. The summed E-state index contributed by atoms with van der Waals surface area (Å²) in [5.41, 5.74) is 8.41. The molecule has 11 rings (SSSR count). The third kappa shape index (κ3) is 33.8. The lowest BCUT2D eigenvalue weighted by atomic mass is 10.1. The number of hydrogen-bond acceptors (Lipinski definition) is 31. The molecule has 3 aromatic heterocycles. The van der Waals surface area contributed by atoms with E-state index >= 15 is 0 Å². The van der Waals surface area contributed by atoms with Gasteiger partial charge in [0.1, 0.15) is 66.2 Å². The van der Waals surface area contributed by atoms with E-state index in [2.05, 4.69) is 26.0 Å². The number of nitro benzene ring substituents is 2. The number of nitro groups is 2. The molecule has 134 heavy (non-hydrogen) atoms. The predicted octanol–water partition coefficient (Wildman–Crippen LogP) is 7.66. The number of esters is 2. The number of piperidine rings is 3. The number of carbonyl (C=O) groups is 13. The summed E-state index contributed by atoms with van der Waals surface area (Å²) in [5.74, 6) is -2.72. The van der Waals surface area contributed by atoms with Crippen molar-refractivity contribution in [3.8, 4) is 11.5 Å². The summed E-state index contributed by atoms with van der Waals surface area (Å²) in [5, 5.41) is 39.0. The van der Waals surface area contributed by atoms with Gasteiger partial charge in [0, 0.05) is 130 Å². The number of nitrogens with zero attached hydrogens (tertiary/aromatic N) is 11. The summed E-state index contributed by atoms with van der Waals surface area (Å²) in [6.45, 7) is 17.9. The number of fused-ring (bicyclic) bond motifs is 3. The fourth-order valence-corrected chi connectivity index (χ4v) is 12.8. The van der Waals surface area contributed by atoms with Crippen molar-refractivity contribution >= 4 is 143 Å². The number of aryl methyl sites for hydroxylation is 5. The van der Waals surface area contributed by atoms with Crippen LogP contribution < -0.4 is 53.5 Å². The Morgan fingerprint density at radius 3 is 1.10 bits per heavy atom. The van der Waals surface area contributed by atoms with Crippen LogP contribution in [-0.2, 0) is 107 Å². The maximum absolute atomic E-state index is 12.8. The maximum atomic E-state index is 12.8. The van der Waals surface area contributed by atoms with Crippen LogP contribution in [0.5, 0.6) is 11.5 Å². The number of aliphatic hydroxyl groups excluding tert-OH is 1. The molecule has 0 saturated carbocycles. The van der Waals surface area contributed by atoms with Gasteiger partial charge in [-0.05, 0) is 179 Å². The molecule has 7 N–H and O–H groups in total. The number of aromatic nitrogens is 6. The van der Waals surface area contributed by atoms with E-state index in [4.69, 9.17) is 55.6 Å². The number of carbonyl (C=O) groups excluding carboxylic acids is 13. The molecule has 4 atom stereocenters. The van der Waals surface area contributed by atoms with Gasteiger partial charge in [0.25, 0.3) is 11.4 Å². The molecule has 5 aromatic carbocycles. The van der Waals surface area contributed by atoms with Crippen molar-refractivity contribution in [3.05, 3.63) is 172 Å². The van der Waals surface area contributed by atoms with Crippen LogP contribution in [0.4, 0.5) is 35.3 Å². The van der Waals surface area contributed by atoms with E-state index < -0.39 is 98.3 Å². The van der Waals surface area contributed by atoms with Crippen LogP contribution in [0.15, 0.2) is 118 Å². The Bertz CT molecular complexity index is 5760. The second-order valence-corrected chi connectivity index (χ2v) is 33.5. The second-order valence-electron chi connectivity index (χ2n) is 33.2. The highest BCUT2D eigenvalue weighted by atomic mass is 35.5. The van der Waals surface area contributed by atoms with E-state index in [1.54, 1.807) is 129 Å². The molecular formula is C87H116ClN16O29P. The van der Waals surface area contributed by atoms with Crippen LogP contribution in [0.25, 0.3) is 33.1 Å². The topological polar surface area (TPSA) is 567 Å². The Kier molecular flexibility index (Phi) is 41.9. The molecule has 47 heteroatoms. The normalized spacial score (nSPS) is 14.6. The molecule has 3 aliphatic heterocycles. The number of imide groups is 3. The van der Waals surface area contributed by atoms with Gasteiger partial charge in [-0.15, -0.1) is 0 Å². The maximum Gasteiger partial charge on any atom is 0.513 e. The Morgan fingerprint density at radius 2 is 0.791 bits per heavy atom. The fraction of sp³-hybridized carbons (Fsp3) is 0.471. The van der Waals surface area contributed by atoms with Crippen LogP contribution >= 0.6 is 21.5 Å². The van der Waals surface area contributed by atoms with Crippen LogP contribution in [-0.4, -0.2) is 232 Å². The van der Waals surface area contributed by atoms with Crippen LogP contribution in [0.3, 0.4) is 0 Å². The SMILES string of the molecule is CN(CCO)C(=O)OC(C)(C)C.CN(CCOC(=O)CCc1ccc2c(c1)n(C)c(=O)n2C1CCC(=O)NC1=O)C(=O)OC(C)(C)C.CN(CCOC(=O)Oc1ccc([N+](=O)[O-])cc1)C(=O)OC(C)(C)C.CNCCOC(=O)CCc1ccc2c(c1)n(C)c(=O)n2C1CCC(=O)NC1=O.Cn1c(=O)n(C2CCC(=O)NC2=O)c2ccc(CN)cc21.O=C(Cl)Oc1ccc([N+](=O)[O-])cc1.P. The molecule has 6 heterocycles. The summed E-state index contributed by atoms with van der Waals surface area (Å²) in [6.07, 6.45) is 0.373. The largest absolute Gasteiger partial charge is 0.513 e. The minimum atomic E-state index is -0.978. The Hall–Kier alpha value is -13.8. The smallest absolute Gasteiger partial charge is 0.464 e. The molecule has 0 aliphatic carbocycles. The number of amides is 9. The molecule has 4 unspecified atom stereocenters. The number of rotatable bonds is 25. The van der Waals surface area contributed by atoms with E-state index in [1.165, 1.54) is 97.7 Å². The average molecular weight is 1920 g/mol. The van der Waals surface area contributed by atoms with E-state index in [0.717, 1.165) is 22.2 Å². The van der Waals surface area contributed by atoms with Crippen molar-refractivity contribution in [1.29, 1.82) is 0 Å². The van der Waals surface area contributed by atoms with E-state index in [-0.39, 0.29) is 145 Å². The van der Waals surface area contributed by atoms with Gasteiger partial charge in [-0.25, -0.2) is 38.4 Å². The van der Waals surface area contributed by atoms with E-state index in [0.29, 0.717) is 79.5 Å². The third-order valence-electron chi connectivity index (χ3n) is 19.5. The van der Waals surface area contributed by atoms with Crippen molar-refractivity contribution in [3.63, 3.8) is 0 Å². The number of ether oxygens (including phenoxy) is 8. The summed E-state index contributed by atoms with van der Waals surface area (Å²) in [4.78, 5) is 213. The number of aliphatic hydroxyl groups is 1. The molecule has 3 saturated heterocycles. The summed E-state index contributed by atoms with van der Waals surface area (Å²) in [7, 11) is 11.4. The zero-order valence-corrected chi connectivity index (χ0v) is 79.6. The first-order chi connectivity index (χ1) is 62.3. The molecule has 0 radical (unpaired) electrons. The predicted molar refractivity (Wildman–Crippen MR) is 491 cm³/mol. The van der Waals surface area contributed by atoms with Crippen LogP contribution in [0.2, 0.25) is 0 Å². The van der Waals surface area contributed by atoms with Crippen LogP contribution in [0.1, 0.15) is 148 Å². The Labute approximate surface area is 776 Å². The summed E-state index contributed by atoms with van der Waals surface area (Å²) < 4.78 is 48.6. The number of nitrogens with two attached hydrogens (primary N) is 1. The summed E-state index contributed by atoms with van der Waals surface area (Å²) >= 11 is 4.92. The van der Waals surface area contributed by atoms with Gasteiger partial charge >= 0.3 is 58.9 Å². The number of non-ortho nitro benzene ring substituents is 2. The number of likely N-dealkylation sites (N-methyl/N-ethyl adjacent to an activating group) is 4. The fourth-order valence-electron chi connectivity index (χ4n) is 12.8. The van der Waals surface area contributed by atoms with Gasteiger partial charge in [0.2, 0.25) is 35.4 Å². The molecule has 3 aliphatic rings. The van der Waals surface area contributed by atoms with Gasteiger partial charge in [0.05, 0.1) is 62.6 Å². The molecule has 730 valence electrons. The minimum Gasteiger partial charge on any atom is -0.464 e. The zero-order valence-electron chi connectivity index (χ0n) is 77.4. The van der Waals surface area contributed by atoms with Gasteiger partial charge in [-0.2, -0.15) is 9.90 Å². The first-order valence-corrected chi connectivity index (χ1v) is 42.1. The van der Waals surface area contributed by atoms with Gasteiger partial charge in [-0.3, -0.25) is 102 Å². The van der Waals surface area contributed by atoms with Gasteiger partial charge < -0.3 is 68.8 Å². The van der Waals surface area contributed by atoms with Crippen LogP contribution in [0, 0.1) is 20.2 Å². The second kappa shape index (κ2) is 50.7. The average Bonchev–Trinajstić information content (AvgIpc) is 1.62. The van der Waals surface area contributed by atoms with Crippen molar-refractivity contribution in [2.75, 3.05) is 80.8 Å². The van der Waals surface area contributed by atoms with E-state index in [1.807, 2.05) is 30.3 Å². The number of halogens is 1. The molecule has 0 spiro atoms. The monoisotopic (exact) mass is 1910 g/mol. The highest BCUT2D eigenvalue weighted by Gasteiger charge is 2.35. The van der Waals surface area contributed by atoms with Gasteiger partial charge in [-0.1, -0.05) is 18.2 Å². The number of hydrogen-bond donors (Lipinski definition) is 6. The number of imidazole rings is 3. The van der Waals surface area contributed by atoms with Crippen molar-refractivity contribution in [2.24, 2.45) is 26.9 Å². The molecule has 8 aromatic rings. The molecule has 3 fully saturated rings. The zero-order chi connectivity index (χ0) is 99.3. The highest BCUT2D eigenvalue weighted by Crippen LogP contribution is 2.29.